The minimum atomic E-state index is -0.0731. The number of para-hydroxylation sites is 2. The van der Waals surface area contributed by atoms with E-state index in [9.17, 15) is 5.11 Å². The molecular weight excluding hydrogens is 262 g/mol. The Morgan fingerprint density at radius 1 is 1.14 bits per heavy atom. The molecule has 4 nitrogen and oxygen atoms in total. The summed E-state index contributed by atoms with van der Waals surface area (Å²) >= 11 is 0. The zero-order chi connectivity index (χ0) is 15.0. The fourth-order valence-corrected chi connectivity index (χ4v) is 2.31. The number of pyridine rings is 1. The molecule has 4 heteroatoms. The van der Waals surface area contributed by atoms with Crippen molar-refractivity contribution in [3.8, 4) is 5.82 Å². The fraction of sp³-hybridized carbons (Fsp3) is 0.294. The van der Waals surface area contributed by atoms with Crippen LogP contribution in [0.5, 0.6) is 0 Å². The lowest BCUT2D eigenvalue weighted by Crippen LogP contribution is -2.15. The Morgan fingerprint density at radius 2 is 1.90 bits per heavy atom. The second kappa shape index (κ2) is 4.97. The quantitative estimate of drug-likeness (QED) is 0.784. The highest BCUT2D eigenvalue weighted by Crippen LogP contribution is 2.24. The van der Waals surface area contributed by atoms with E-state index in [1.807, 2.05) is 41.0 Å². The molecule has 0 aliphatic heterocycles. The largest absolute Gasteiger partial charge is 0.392 e. The van der Waals surface area contributed by atoms with Gasteiger partial charge in [-0.3, -0.25) is 4.57 Å². The molecule has 0 unspecified atom stereocenters. The molecule has 0 spiro atoms. The molecule has 0 radical (unpaired) electrons. The van der Waals surface area contributed by atoms with Crippen LogP contribution < -0.4 is 0 Å². The first-order valence-corrected chi connectivity index (χ1v) is 7.04. The molecule has 0 aliphatic rings. The second-order valence-electron chi connectivity index (χ2n) is 6.23. The van der Waals surface area contributed by atoms with Gasteiger partial charge >= 0.3 is 0 Å². The molecule has 1 aromatic carbocycles. The zero-order valence-corrected chi connectivity index (χ0v) is 12.5. The van der Waals surface area contributed by atoms with Crippen LogP contribution in [0, 0.1) is 0 Å². The molecule has 0 aliphatic carbocycles. The highest BCUT2D eigenvalue weighted by Gasteiger charge is 2.18. The van der Waals surface area contributed by atoms with Crippen LogP contribution in [0.3, 0.4) is 0 Å². The van der Waals surface area contributed by atoms with Gasteiger partial charge in [-0.05, 0) is 29.8 Å². The zero-order valence-electron chi connectivity index (χ0n) is 12.5. The number of imidazole rings is 1. The molecule has 0 fully saturated rings. The summed E-state index contributed by atoms with van der Waals surface area (Å²) in [5, 5.41) is 9.51. The summed E-state index contributed by atoms with van der Waals surface area (Å²) in [6.45, 7) is 6.36. The third-order valence-corrected chi connectivity index (χ3v) is 3.52. The lowest BCUT2D eigenvalue weighted by molar-refractivity contribution is 0.281. The molecule has 2 heterocycles. The van der Waals surface area contributed by atoms with Crippen LogP contribution in [0.2, 0.25) is 0 Å². The summed E-state index contributed by atoms with van der Waals surface area (Å²) in [5.41, 5.74) is 3.70. The van der Waals surface area contributed by atoms with E-state index in [0.717, 1.165) is 28.1 Å². The third-order valence-electron chi connectivity index (χ3n) is 3.52. The van der Waals surface area contributed by atoms with Crippen LogP contribution in [0.1, 0.15) is 32.0 Å². The van der Waals surface area contributed by atoms with Crippen LogP contribution in [0.4, 0.5) is 0 Å². The van der Waals surface area contributed by atoms with Gasteiger partial charge in [0.1, 0.15) is 12.1 Å². The third kappa shape index (κ3) is 2.54. The van der Waals surface area contributed by atoms with Gasteiger partial charge in [-0.1, -0.05) is 32.9 Å². The maximum atomic E-state index is 9.51. The predicted octanol–water partition coefficient (Wildman–Crippen LogP) is 3.21. The van der Waals surface area contributed by atoms with Crippen molar-refractivity contribution >= 4 is 11.0 Å². The molecular formula is C17H19N3O. The lowest BCUT2D eigenvalue weighted by Gasteiger charge is -2.20. The van der Waals surface area contributed by atoms with Crippen molar-refractivity contribution in [1.82, 2.24) is 14.5 Å². The van der Waals surface area contributed by atoms with Crippen LogP contribution >= 0.6 is 0 Å². The lowest BCUT2D eigenvalue weighted by atomic mass is 9.91. The van der Waals surface area contributed by atoms with Crippen LogP contribution in [0.25, 0.3) is 16.9 Å². The summed E-state index contributed by atoms with van der Waals surface area (Å²) < 4.78 is 1.96. The average molecular weight is 281 g/mol. The Labute approximate surface area is 124 Å². The molecule has 0 bridgehead atoms. The molecule has 3 aromatic rings. The van der Waals surface area contributed by atoms with Gasteiger partial charge in [-0.2, -0.15) is 0 Å². The summed E-state index contributed by atoms with van der Waals surface area (Å²) in [6.07, 6.45) is 1.78. The van der Waals surface area contributed by atoms with Crippen molar-refractivity contribution in [2.45, 2.75) is 32.8 Å². The van der Waals surface area contributed by atoms with E-state index >= 15 is 0 Å². The van der Waals surface area contributed by atoms with Crippen molar-refractivity contribution in [1.29, 1.82) is 0 Å². The van der Waals surface area contributed by atoms with Gasteiger partial charge in [0, 0.05) is 11.1 Å². The number of fused-ring (bicyclic) bond motifs is 1. The topological polar surface area (TPSA) is 50.9 Å². The van der Waals surface area contributed by atoms with E-state index in [2.05, 4.69) is 25.8 Å². The summed E-state index contributed by atoms with van der Waals surface area (Å²) in [5.74, 6) is 0.792. The molecule has 0 atom stereocenters. The van der Waals surface area contributed by atoms with Gasteiger partial charge in [-0.25, -0.2) is 9.97 Å². The van der Waals surface area contributed by atoms with E-state index in [1.165, 1.54) is 0 Å². The number of benzene rings is 1. The first-order valence-electron chi connectivity index (χ1n) is 7.04. The molecule has 0 saturated heterocycles. The number of rotatable bonds is 2. The Hall–Kier alpha value is -2.20. The normalized spacial score (nSPS) is 12.0. The SMILES string of the molecule is CC(C)(C)c1cc(CO)cc(-n2cnc3ccccc32)n1. The van der Waals surface area contributed by atoms with Gasteiger partial charge in [0.15, 0.2) is 0 Å². The molecule has 0 amide bonds. The molecule has 3 rings (SSSR count). The van der Waals surface area contributed by atoms with E-state index < -0.39 is 0 Å². The van der Waals surface area contributed by atoms with Crippen LogP contribution in [-0.4, -0.2) is 19.6 Å². The maximum absolute atomic E-state index is 9.51. The number of hydrogen-bond acceptors (Lipinski definition) is 3. The molecule has 1 N–H and O–H groups in total. The number of hydrogen-bond donors (Lipinski definition) is 1. The highest BCUT2D eigenvalue weighted by molar-refractivity contribution is 5.76. The Bertz CT molecular complexity index is 784. The van der Waals surface area contributed by atoms with Gasteiger partial charge in [0.05, 0.1) is 17.6 Å². The Morgan fingerprint density at radius 3 is 2.62 bits per heavy atom. The Kier molecular flexibility index (Phi) is 3.26. The van der Waals surface area contributed by atoms with E-state index in [1.54, 1.807) is 6.33 Å². The van der Waals surface area contributed by atoms with Crippen molar-refractivity contribution in [2.75, 3.05) is 0 Å². The predicted molar refractivity (Wildman–Crippen MR) is 83.5 cm³/mol. The van der Waals surface area contributed by atoms with Crippen LogP contribution in [0.15, 0.2) is 42.7 Å². The van der Waals surface area contributed by atoms with Crippen molar-refractivity contribution in [2.24, 2.45) is 0 Å². The van der Waals surface area contributed by atoms with Gasteiger partial charge in [-0.15, -0.1) is 0 Å². The van der Waals surface area contributed by atoms with Gasteiger partial charge in [0.25, 0.3) is 0 Å². The molecule has 21 heavy (non-hydrogen) atoms. The Balaban J connectivity index is 2.22. The molecule has 2 aromatic heterocycles. The first-order chi connectivity index (χ1) is 9.99. The monoisotopic (exact) mass is 281 g/mol. The fourth-order valence-electron chi connectivity index (χ4n) is 2.31. The summed E-state index contributed by atoms with van der Waals surface area (Å²) in [7, 11) is 0. The van der Waals surface area contributed by atoms with E-state index in [-0.39, 0.29) is 12.0 Å². The minimum Gasteiger partial charge on any atom is -0.392 e. The minimum absolute atomic E-state index is 0.00519. The van der Waals surface area contributed by atoms with Crippen LogP contribution in [-0.2, 0) is 12.0 Å². The van der Waals surface area contributed by atoms with Gasteiger partial charge in [0.2, 0.25) is 0 Å². The molecule has 108 valence electrons. The van der Waals surface area contributed by atoms with E-state index in [4.69, 9.17) is 4.98 Å². The van der Waals surface area contributed by atoms with Crippen molar-refractivity contribution < 1.29 is 5.11 Å². The maximum Gasteiger partial charge on any atom is 0.139 e. The summed E-state index contributed by atoms with van der Waals surface area (Å²) in [4.78, 5) is 9.16. The second-order valence-corrected chi connectivity index (χ2v) is 6.23. The standard InChI is InChI=1S/C17H19N3O/c1-17(2,3)15-8-12(10-21)9-16(19-15)20-11-18-13-6-4-5-7-14(13)20/h4-9,11,21H,10H2,1-3H3. The average Bonchev–Trinajstić information content (AvgIpc) is 2.89. The number of aliphatic hydroxyl groups is 1. The molecule has 0 saturated carbocycles. The number of aliphatic hydroxyl groups excluding tert-OH is 1. The number of aromatic nitrogens is 3. The van der Waals surface area contributed by atoms with E-state index in [0.29, 0.717) is 0 Å². The van der Waals surface area contributed by atoms with Crippen molar-refractivity contribution in [3.05, 3.63) is 54.0 Å². The van der Waals surface area contributed by atoms with Gasteiger partial charge < -0.3 is 5.11 Å². The smallest absolute Gasteiger partial charge is 0.139 e. The first kappa shape index (κ1) is 13.8. The highest BCUT2D eigenvalue weighted by atomic mass is 16.3. The number of nitrogens with zero attached hydrogens (tertiary/aromatic N) is 3. The summed E-state index contributed by atoms with van der Waals surface area (Å²) in [6, 6.07) is 11.8. The van der Waals surface area contributed by atoms with Crippen molar-refractivity contribution in [3.63, 3.8) is 0 Å².